The van der Waals surface area contributed by atoms with Crippen molar-refractivity contribution in [2.45, 2.75) is 25.2 Å². The van der Waals surface area contributed by atoms with E-state index >= 15 is 0 Å². The molecule has 0 unspecified atom stereocenters. The van der Waals surface area contributed by atoms with Crippen LogP contribution in [0.2, 0.25) is 5.15 Å². The Bertz CT molecular complexity index is 826. The number of nitrogens with zero attached hydrogens (tertiary/aromatic N) is 4. The molecule has 8 heteroatoms. The highest BCUT2D eigenvalue weighted by Gasteiger charge is 2.30. The fourth-order valence-electron chi connectivity index (χ4n) is 3.45. The van der Waals surface area contributed by atoms with E-state index in [0.29, 0.717) is 42.7 Å². The maximum atomic E-state index is 14.2. The van der Waals surface area contributed by atoms with Crippen molar-refractivity contribution in [3.05, 3.63) is 52.2 Å². The van der Waals surface area contributed by atoms with Crippen LogP contribution in [0.3, 0.4) is 0 Å². The Labute approximate surface area is 160 Å². The third kappa shape index (κ3) is 4.03. The molecule has 1 aromatic carbocycles. The molecule has 1 saturated heterocycles. The minimum absolute atomic E-state index is 0.000459. The first-order valence-electron chi connectivity index (χ1n) is 9.01. The Morgan fingerprint density at radius 3 is 2.30 bits per heavy atom. The zero-order valence-corrected chi connectivity index (χ0v) is 15.4. The number of rotatable bonds is 4. The SMILES string of the molecule is O=C(Cc1cc(F)c(C2CC2)c(F)c1)N1CCN(c2ccc(Cl)nn2)CC1. The van der Waals surface area contributed by atoms with Gasteiger partial charge in [-0.05, 0) is 48.6 Å². The number of hydrogen-bond acceptors (Lipinski definition) is 4. The zero-order valence-electron chi connectivity index (χ0n) is 14.7. The second kappa shape index (κ2) is 7.38. The van der Waals surface area contributed by atoms with E-state index in [9.17, 15) is 13.6 Å². The highest BCUT2D eigenvalue weighted by Crippen LogP contribution is 2.42. The summed E-state index contributed by atoms with van der Waals surface area (Å²) in [4.78, 5) is 16.3. The normalized spacial score (nSPS) is 17.3. The van der Waals surface area contributed by atoms with Gasteiger partial charge in [-0.15, -0.1) is 10.2 Å². The van der Waals surface area contributed by atoms with Crippen LogP contribution >= 0.6 is 11.6 Å². The molecule has 2 aromatic rings. The Hall–Kier alpha value is -2.28. The first-order chi connectivity index (χ1) is 13.0. The minimum Gasteiger partial charge on any atom is -0.352 e. The molecule has 1 aromatic heterocycles. The summed E-state index contributed by atoms with van der Waals surface area (Å²) in [7, 11) is 0. The Balaban J connectivity index is 1.36. The summed E-state index contributed by atoms with van der Waals surface area (Å²) in [5.41, 5.74) is 0.550. The molecule has 1 aliphatic heterocycles. The zero-order chi connectivity index (χ0) is 19.0. The van der Waals surface area contributed by atoms with Gasteiger partial charge in [0, 0.05) is 31.7 Å². The van der Waals surface area contributed by atoms with Gasteiger partial charge in [-0.1, -0.05) is 11.6 Å². The molecule has 0 atom stereocenters. The summed E-state index contributed by atoms with van der Waals surface area (Å²) < 4.78 is 28.3. The highest BCUT2D eigenvalue weighted by molar-refractivity contribution is 6.29. The average Bonchev–Trinajstić information content (AvgIpc) is 3.47. The molecule has 2 heterocycles. The largest absolute Gasteiger partial charge is 0.352 e. The fourth-order valence-corrected chi connectivity index (χ4v) is 3.55. The molecule has 27 heavy (non-hydrogen) atoms. The van der Waals surface area contributed by atoms with E-state index < -0.39 is 11.6 Å². The van der Waals surface area contributed by atoms with Gasteiger partial charge in [-0.2, -0.15) is 0 Å². The van der Waals surface area contributed by atoms with Crippen LogP contribution in [0.4, 0.5) is 14.6 Å². The maximum Gasteiger partial charge on any atom is 0.227 e. The molecule has 1 saturated carbocycles. The van der Waals surface area contributed by atoms with Crippen LogP contribution in [0.1, 0.15) is 29.9 Å². The molecule has 0 spiro atoms. The number of piperazine rings is 1. The summed E-state index contributed by atoms with van der Waals surface area (Å²) in [6.07, 6.45) is 1.66. The van der Waals surface area contributed by atoms with Crippen LogP contribution in [0.15, 0.2) is 24.3 Å². The maximum absolute atomic E-state index is 14.2. The van der Waals surface area contributed by atoms with Crippen LogP contribution in [0, 0.1) is 11.6 Å². The summed E-state index contributed by atoms with van der Waals surface area (Å²) >= 11 is 5.75. The van der Waals surface area contributed by atoms with Crippen LogP contribution in [0.25, 0.3) is 0 Å². The van der Waals surface area contributed by atoms with Gasteiger partial charge in [0.05, 0.1) is 6.42 Å². The van der Waals surface area contributed by atoms with Gasteiger partial charge in [0.25, 0.3) is 0 Å². The van der Waals surface area contributed by atoms with Crippen molar-refractivity contribution in [2.24, 2.45) is 0 Å². The quantitative estimate of drug-likeness (QED) is 0.802. The molecular weight excluding hydrogens is 374 g/mol. The third-order valence-electron chi connectivity index (χ3n) is 5.05. The smallest absolute Gasteiger partial charge is 0.227 e. The number of carbonyl (C=O) groups excluding carboxylic acids is 1. The second-order valence-electron chi connectivity index (χ2n) is 7.01. The van der Waals surface area contributed by atoms with Gasteiger partial charge in [-0.3, -0.25) is 4.79 Å². The lowest BCUT2D eigenvalue weighted by Crippen LogP contribution is -2.49. The lowest BCUT2D eigenvalue weighted by Gasteiger charge is -2.35. The van der Waals surface area contributed by atoms with Crippen molar-refractivity contribution < 1.29 is 13.6 Å². The van der Waals surface area contributed by atoms with E-state index in [1.807, 2.05) is 4.90 Å². The van der Waals surface area contributed by atoms with E-state index in [4.69, 9.17) is 11.6 Å². The predicted octanol–water partition coefficient (Wildman–Crippen LogP) is 3.18. The first kappa shape index (κ1) is 18.1. The number of aromatic nitrogens is 2. The van der Waals surface area contributed by atoms with Crippen molar-refractivity contribution in [3.63, 3.8) is 0 Å². The Morgan fingerprint density at radius 2 is 1.74 bits per heavy atom. The predicted molar refractivity (Wildman–Crippen MR) is 97.9 cm³/mol. The molecule has 1 amide bonds. The fraction of sp³-hybridized carbons (Fsp3) is 0.421. The average molecular weight is 393 g/mol. The Kier molecular flexibility index (Phi) is 4.95. The summed E-state index contributed by atoms with van der Waals surface area (Å²) in [6, 6.07) is 6.07. The van der Waals surface area contributed by atoms with E-state index in [-0.39, 0.29) is 23.8 Å². The number of halogens is 3. The summed E-state index contributed by atoms with van der Waals surface area (Å²) in [6.45, 7) is 2.28. The van der Waals surface area contributed by atoms with Gasteiger partial charge < -0.3 is 9.80 Å². The van der Waals surface area contributed by atoms with Gasteiger partial charge in [0.1, 0.15) is 11.6 Å². The topological polar surface area (TPSA) is 49.3 Å². The molecule has 0 bridgehead atoms. The minimum atomic E-state index is -0.536. The molecule has 2 fully saturated rings. The van der Waals surface area contributed by atoms with E-state index in [2.05, 4.69) is 10.2 Å². The van der Waals surface area contributed by atoms with E-state index in [1.165, 1.54) is 12.1 Å². The molecule has 0 N–H and O–H groups in total. The Morgan fingerprint density at radius 1 is 1.07 bits per heavy atom. The molecular formula is C19H19ClF2N4O. The third-order valence-corrected chi connectivity index (χ3v) is 5.26. The second-order valence-corrected chi connectivity index (χ2v) is 7.39. The van der Waals surface area contributed by atoms with Gasteiger partial charge >= 0.3 is 0 Å². The van der Waals surface area contributed by atoms with E-state index in [0.717, 1.165) is 12.8 Å². The van der Waals surface area contributed by atoms with Gasteiger partial charge in [0.2, 0.25) is 5.91 Å². The summed E-state index contributed by atoms with van der Waals surface area (Å²) in [5, 5.41) is 8.20. The molecule has 142 valence electrons. The van der Waals surface area contributed by atoms with Crippen LogP contribution in [0.5, 0.6) is 0 Å². The van der Waals surface area contributed by atoms with Gasteiger partial charge in [0.15, 0.2) is 11.0 Å². The first-order valence-corrected chi connectivity index (χ1v) is 9.39. The van der Waals surface area contributed by atoms with Crippen molar-refractivity contribution in [1.29, 1.82) is 0 Å². The number of benzene rings is 1. The lowest BCUT2D eigenvalue weighted by molar-refractivity contribution is -0.130. The van der Waals surface area contributed by atoms with Crippen molar-refractivity contribution in [2.75, 3.05) is 31.1 Å². The van der Waals surface area contributed by atoms with Crippen LogP contribution in [-0.2, 0) is 11.2 Å². The van der Waals surface area contributed by atoms with E-state index in [1.54, 1.807) is 17.0 Å². The standard InChI is InChI=1S/C19H19ClF2N4O/c20-16-3-4-17(24-23-16)25-5-7-26(8-6-25)18(27)11-12-9-14(21)19(13-1-2-13)15(22)10-12/h3-4,9-10,13H,1-2,5-8,11H2. The highest BCUT2D eigenvalue weighted by atomic mass is 35.5. The number of carbonyl (C=O) groups is 1. The van der Waals surface area contributed by atoms with Crippen LogP contribution < -0.4 is 4.90 Å². The lowest BCUT2D eigenvalue weighted by atomic mass is 10.0. The molecule has 0 radical (unpaired) electrons. The molecule has 1 aliphatic carbocycles. The van der Waals surface area contributed by atoms with Crippen molar-refractivity contribution in [1.82, 2.24) is 15.1 Å². The van der Waals surface area contributed by atoms with Crippen molar-refractivity contribution >= 4 is 23.3 Å². The molecule has 2 aliphatic rings. The number of hydrogen-bond donors (Lipinski definition) is 0. The molecule has 4 rings (SSSR count). The van der Waals surface area contributed by atoms with Crippen molar-refractivity contribution in [3.8, 4) is 0 Å². The summed E-state index contributed by atoms with van der Waals surface area (Å²) in [5.74, 6) is -0.488. The van der Waals surface area contributed by atoms with Crippen LogP contribution in [-0.4, -0.2) is 47.2 Å². The monoisotopic (exact) mass is 392 g/mol. The van der Waals surface area contributed by atoms with Gasteiger partial charge in [-0.25, -0.2) is 8.78 Å². The molecule has 5 nitrogen and oxygen atoms in total. The number of anilines is 1. The number of amides is 1.